The molecule has 3 atom stereocenters. The Labute approximate surface area is 260 Å². The van der Waals surface area contributed by atoms with Gasteiger partial charge in [-0.05, 0) is 60.4 Å². The van der Waals surface area contributed by atoms with Gasteiger partial charge in [-0.15, -0.1) is 11.8 Å². The minimum absolute atomic E-state index is 0.0358. The number of carboxylic acids is 1. The Morgan fingerprint density at radius 3 is 2.05 bits per heavy atom. The van der Waals surface area contributed by atoms with Crippen molar-refractivity contribution in [3.05, 3.63) is 95.1 Å². The summed E-state index contributed by atoms with van der Waals surface area (Å²) >= 11 is 1.59. The van der Waals surface area contributed by atoms with E-state index in [0.29, 0.717) is 37.1 Å². The van der Waals surface area contributed by atoms with Gasteiger partial charge in [-0.3, -0.25) is 14.8 Å². The van der Waals surface area contributed by atoms with E-state index in [9.17, 15) is 19.5 Å². The normalized spacial score (nSPS) is 18.0. The average Bonchev–Trinajstić information content (AvgIpc) is 3.05. The second-order valence-corrected chi connectivity index (χ2v) is 11.7. The van der Waals surface area contributed by atoms with Crippen LogP contribution in [0.5, 0.6) is 0 Å². The van der Waals surface area contributed by atoms with Crippen LogP contribution in [0.25, 0.3) is 0 Å². The first-order chi connectivity index (χ1) is 21.3. The number of rotatable bonds is 15. The van der Waals surface area contributed by atoms with E-state index in [2.05, 4.69) is 5.32 Å². The summed E-state index contributed by atoms with van der Waals surface area (Å²) in [4.78, 5) is 35.6. The molecular formula is C33H38N2O8S. The number of aromatic carboxylic acids is 1. The van der Waals surface area contributed by atoms with Crippen LogP contribution >= 0.6 is 11.8 Å². The maximum atomic E-state index is 12.4. The third-order valence-electron chi connectivity index (χ3n) is 7.30. The number of carbonyl (C=O) groups excluding carboxylic acids is 2. The van der Waals surface area contributed by atoms with E-state index in [1.54, 1.807) is 41.5 Å². The highest BCUT2D eigenvalue weighted by Crippen LogP contribution is 2.39. The molecule has 0 bridgehead atoms. The van der Waals surface area contributed by atoms with Crippen molar-refractivity contribution >= 4 is 35.2 Å². The maximum Gasteiger partial charge on any atom is 0.335 e. The Morgan fingerprint density at radius 2 is 1.43 bits per heavy atom. The van der Waals surface area contributed by atoms with Crippen molar-refractivity contribution < 1.29 is 39.3 Å². The fourth-order valence-electron chi connectivity index (χ4n) is 4.83. The van der Waals surface area contributed by atoms with Crippen molar-refractivity contribution in [2.45, 2.75) is 74.9 Å². The predicted octanol–water partition coefficient (Wildman–Crippen LogP) is 6.00. The number of carbonyl (C=O) groups is 3. The molecule has 3 aromatic carbocycles. The van der Waals surface area contributed by atoms with E-state index in [-0.39, 0.29) is 36.7 Å². The van der Waals surface area contributed by atoms with Crippen molar-refractivity contribution in [2.24, 2.45) is 0 Å². The third-order valence-corrected chi connectivity index (χ3v) is 8.45. The molecule has 0 aromatic heterocycles. The molecule has 1 aliphatic heterocycles. The van der Waals surface area contributed by atoms with Crippen LogP contribution in [0, 0.1) is 0 Å². The zero-order chi connectivity index (χ0) is 31.3. The number of aliphatic hydroxyl groups is 1. The van der Waals surface area contributed by atoms with Gasteiger partial charge in [-0.25, -0.2) is 10.3 Å². The number of benzene rings is 3. The summed E-state index contributed by atoms with van der Waals surface area (Å²) in [5, 5.41) is 30.0. The van der Waals surface area contributed by atoms with Crippen molar-refractivity contribution in [3.8, 4) is 0 Å². The summed E-state index contributed by atoms with van der Waals surface area (Å²) in [6.07, 6.45) is 3.23. The first-order valence-electron chi connectivity index (χ1n) is 14.6. The zero-order valence-corrected chi connectivity index (χ0v) is 25.1. The molecule has 10 nitrogen and oxygen atoms in total. The lowest BCUT2D eigenvalue weighted by molar-refractivity contribution is -0.245. The molecule has 1 saturated heterocycles. The Hall–Kier alpha value is -3.74. The van der Waals surface area contributed by atoms with Crippen molar-refractivity contribution in [1.82, 2.24) is 5.48 Å². The molecule has 1 aliphatic rings. The molecule has 5 N–H and O–H groups in total. The van der Waals surface area contributed by atoms with Gasteiger partial charge in [0, 0.05) is 41.2 Å². The van der Waals surface area contributed by atoms with E-state index in [1.165, 1.54) is 0 Å². The molecule has 1 fully saturated rings. The number of carboxylic acid groups (broad SMARTS) is 1. The summed E-state index contributed by atoms with van der Waals surface area (Å²) in [6, 6.07) is 21.8. The number of unbranched alkanes of at least 4 members (excludes halogenated alkanes) is 3. The third kappa shape index (κ3) is 10.2. The number of ether oxygens (including phenoxy) is 2. The van der Waals surface area contributed by atoms with Gasteiger partial charge in [0.2, 0.25) is 11.8 Å². The Morgan fingerprint density at radius 1 is 0.795 bits per heavy atom. The van der Waals surface area contributed by atoms with Crippen LogP contribution in [-0.4, -0.2) is 45.1 Å². The minimum atomic E-state index is -0.961. The molecule has 4 rings (SSSR count). The van der Waals surface area contributed by atoms with Crippen molar-refractivity contribution in [1.29, 1.82) is 0 Å². The second-order valence-electron chi connectivity index (χ2n) is 10.6. The largest absolute Gasteiger partial charge is 0.478 e. The molecule has 0 unspecified atom stereocenters. The number of hydroxylamine groups is 1. The molecular weight excluding hydrogens is 584 g/mol. The summed E-state index contributed by atoms with van der Waals surface area (Å²) in [5.41, 5.74) is 5.14. The first kappa shape index (κ1) is 33.2. The van der Waals surface area contributed by atoms with Crippen molar-refractivity contribution in [2.75, 3.05) is 11.1 Å². The van der Waals surface area contributed by atoms with E-state index in [0.717, 1.165) is 34.4 Å². The monoisotopic (exact) mass is 622 g/mol. The van der Waals surface area contributed by atoms with E-state index in [1.807, 2.05) is 48.5 Å². The van der Waals surface area contributed by atoms with Crippen LogP contribution in [0.3, 0.4) is 0 Å². The van der Waals surface area contributed by atoms with Gasteiger partial charge >= 0.3 is 5.97 Å². The topological polar surface area (TPSA) is 154 Å². The molecule has 1 heterocycles. The number of hydrogen-bond acceptors (Lipinski definition) is 8. The number of nitrogens with one attached hydrogen (secondary N) is 2. The van der Waals surface area contributed by atoms with Crippen LogP contribution in [0.1, 0.15) is 84.4 Å². The van der Waals surface area contributed by atoms with Crippen LogP contribution in [-0.2, 0) is 25.7 Å². The van der Waals surface area contributed by atoms with E-state index in [4.69, 9.17) is 19.8 Å². The summed E-state index contributed by atoms with van der Waals surface area (Å²) < 4.78 is 12.8. The smallest absolute Gasteiger partial charge is 0.335 e. The summed E-state index contributed by atoms with van der Waals surface area (Å²) in [6.45, 7) is -0.0358. The fraction of sp³-hybridized carbons (Fsp3) is 0.364. The molecule has 44 heavy (non-hydrogen) atoms. The van der Waals surface area contributed by atoms with Crippen LogP contribution in [0.15, 0.2) is 77.7 Å². The second kappa shape index (κ2) is 16.9. The van der Waals surface area contributed by atoms with Crippen LogP contribution in [0.2, 0.25) is 0 Å². The van der Waals surface area contributed by atoms with Gasteiger partial charge in [0.15, 0.2) is 6.29 Å². The molecule has 0 saturated carbocycles. The van der Waals surface area contributed by atoms with Gasteiger partial charge < -0.3 is 25.0 Å². The quantitative estimate of drug-likeness (QED) is 0.0594. The van der Waals surface area contributed by atoms with Crippen LogP contribution < -0.4 is 10.8 Å². The number of amides is 2. The lowest BCUT2D eigenvalue weighted by Gasteiger charge is -2.36. The highest BCUT2D eigenvalue weighted by atomic mass is 32.2. The van der Waals surface area contributed by atoms with Gasteiger partial charge in [0.1, 0.15) is 0 Å². The molecule has 2 amide bonds. The van der Waals surface area contributed by atoms with E-state index >= 15 is 0 Å². The molecule has 0 radical (unpaired) electrons. The molecule has 0 aliphatic carbocycles. The molecule has 0 spiro atoms. The van der Waals surface area contributed by atoms with Crippen LogP contribution in [0.4, 0.5) is 5.69 Å². The van der Waals surface area contributed by atoms with E-state index < -0.39 is 18.2 Å². The van der Waals surface area contributed by atoms with Gasteiger partial charge in [-0.2, -0.15) is 0 Å². The average molecular weight is 623 g/mol. The van der Waals surface area contributed by atoms with Crippen molar-refractivity contribution in [3.63, 3.8) is 0 Å². The number of aliphatic hydroxyl groups excluding tert-OH is 1. The Kier molecular flexibility index (Phi) is 12.8. The van der Waals surface area contributed by atoms with Gasteiger partial charge in [0.05, 0.1) is 24.4 Å². The minimum Gasteiger partial charge on any atom is -0.478 e. The first-order valence-corrected chi connectivity index (χ1v) is 15.6. The zero-order valence-electron chi connectivity index (χ0n) is 24.3. The van der Waals surface area contributed by atoms with Gasteiger partial charge in [0.25, 0.3) is 0 Å². The molecule has 11 heteroatoms. The standard InChI is InChI=1S/C33H38N2O8S/c36-20-22-7-9-23(10-8-22)29-19-27(21-44-28-17-13-24(14-18-28)32(39)40)42-33(43-29)25-11-15-26(16-12-25)34-30(37)5-3-1-2-4-6-31(38)35-41/h7-18,27,29,33,36,41H,1-6,19-21H2,(H,34,37)(H,35,38)(H,39,40)/t27-,29+,33+/m1/s1. The highest BCUT2D eigenvalue weighted by molar-refractivity contribution is 7.99. The fourth-order valence-corrected chi connectivity index (χ4v) is 5.75. The van der Waals surface area contributed by atoms with Gasteiger partial charge in [-0.1, -0.05) is 49.2 Å². The SMILES string of the molecule is O=C(CCCCCCC(=O)Nc1ccc([C@H]2O[C@@H](CSc3ccc(C(=O)O)cc3)C[C@@H](c3ccc(CO)cc3)O2)cc1)NO. The lowest BCUT2D eigenvalue weighted by atomic mass is 10.0. The Balaban J connectivity index is 1.35. The summed E-state index contributed by atoms with van der Waals surface area (Å²) in [5.74, 6) is -0.810. The maximum absolute atomic E-state index is 12.4. The molecule has 3 aromatic rings. The highest BCUT2D eigenvalue weighted by Gasteiger charge is 2.32. The number of thioether (sulfide) groups is 1. The molecule has 234 valence electrons. The Bertz CT molecular complexity index is 1370. The number of hydrogen-bond donors (Lipinski definition) is 5. The predicted molar refractivity (Wildman–Crippen MR) is 165 cm³/mol. The number of anilines is 1. The summed E-state index contributed by atoms with van der Waals surface area (Å²) in [7, 11) is 0. The lowest BCUT2D eigenvalue weighted by Crippen LogP contribution is -2.31.